The normalized spacial score (nSPS) is 13.9. The number of hydrogen-bond acceptors (Lipinski definition) is 5. The SMILES string of the molecule is Cc1nc(SCc2ccc(F)cc2)[nH]c(=O)c1CC(=O)N1CCN(c2ccccc2Cl)CC1. The molecular weight excluding hydrogens is 463 g/mol. The molecule has 0 unspecified atom stereocenters. The second kappa shape index (κ2) is 10.4. The van der Waals surface area contributed by atoms with Gasteiger partial charge in [0.15, 0.2) is 5.16 Å². The van der Waals surface area contributed by atoms with Crippen LogP contribution >= 0.6 is 23.4 Å². The first kappa shape index (κ1) is 23.3. The van der Waals surface area contributed by atoms with Crippen LogP contribution in [0.5, 0.6) is 0 Å². The van der Waals surface area contributed by atoms with Gasteiger partial charge in [0.05, 0.1) is 17.1 Å². The number of H-pyrrole nitrogens is 1. The number of aryl methyl sites for hydroxylation is 1. The first-order valence-electron chi connectivity index (χ1n) is 10.6. The number of para-hydroxylation sites is 1. The monoisotopic (exact) mass is 486 g/mol. The molecule has 6 nitrogen and oxygen atoms in total. The molecule has 2 heterocycles. The highest BCUT2D eigenvalue weighted by molar-refractivity contribution is 7.98. The van der Waals surface area contributed by atoms with Crippen molar-refractivity contribution in [3.05, 3.63) is 86.5 Å². The van der Waals surface area contributed by atoms with Crippen LogP contribution in [0.4, 0.5) is 10.1 Å². The van der Waals surface area contributed by atoms with Gasteiger partial charge >= 0.3 is 0 Å². The molecule has 0 bridgehead atoms. The summed E-state index contributed by atoms with van der Waals surface area (Å²) in [7, 11) is 0. The van der Waals surface area contributed by atoms with Gasteiger partial charge in [0.1, 0.15) is 5.82 Å². The van der Waals surface area contributed by atoms with E-state index in [4.69, 9.17) is 11.6 Å². The molecule has 9 heteroatoms. The Labute approximate surface area is 200 Å². The summed E-state index contributed by atoms with van der Waals surface area (Å²) in [6, 6.07) is 13.9. The molecule has 0 radical (unpaired) electrons. The number of carbonyl (C=O) groups excluding carboxylic acids is 1. The molecule has 0 spiro atoms. The van der Waals surface area contributed by atoms with E-state index in [9.17, 15) is 14.0 Å². The molecule has 1 amide bonds. The Morgan fingerprint density at radius 3 is 2.48 bits per heavy atom. The minimum atomic E-state index is -0.299. The van der Waals surface area contributed by atoms with E-state index in [1.54, 1.807) is 24.0 Å². The molecule has 0 aliphatic carbocycles. The number of hydrogen-bond donors (Lipinski definition) is 1. The Morgan fingerprint density at radius 1 is 1.12 bits per heavy atom. The fraction of sp³-hybridized carbons (Fsp3) is 0.292. The summed E-state index contributed by atoms with van der Waals surface area (Å²) in [6.45, 7) is 4.25. The molecule has 33 heavy (non-hydrogen) atoms. The Bertz CT molecular complexity index is 1190. The number of nitrogens with zero attached hydrogens (tertiary/aromatic N) is 3. The molecule has 1 N–H and O–H groups in total. The summed E-state index contributed by atoms with van der Waals surface area (Å²) in [5.74, 6) is 0.178. The van der Waals surface area contributed by atoms with Crippen molar-refractivity contribution in [2.75, 3.05) is 31.1 Å². The lowest BCUT2D eigenvalue weighted by molar-refractivity contribution is -0.130. The molecule has 1 saturated heterocycles. The molecule has 172 valence electrons. The van der Waals surface area contributed by atoms with Crippen LogP contribution < -0.4 is 10.5 Å². The highest BCUT2D eigenvalue weighted by atomic mass is 35.5. The van der Waals surface area contributed by atoms with Crippen molar-refractivity contribution in [1.29, 1.82) is 0 Å². The summed E-state index contributed by atoms with van der Waals surface area (Å²) < 4.78 is 13.0. The Morgan fingerprint density at radius 2 is 1.82 bits per heavy atom. The second-order valence-electron chi connectivity index (χ2n) is 7.85. The summed E-state index contributed by atoms with van der Waals surface area (Å²) in [4.78, 5) is 36.7. The van der Waals surface area contributed by atoms with Gasteiger partial charge in [-0.3, -0.25) is 9.59 Å². The Balaban J connectivity index is 1.35. The number of anilines is 1. The third kappa shape index (κ3) is 5.75. The average Bonchev–Trinajstić information content (AvgIpc) is 2.81. The van der Waals surface area contributed by atoms with Gasteiger partial charge in [-0.2, -0.15) is 0 Å². The topological polar surface area (TPSA) is 69.3 Å². The quantitative estimate of drug-likeness (QED) is 0.420. The van der Waals surface area contributed by atoms with Gasteiger partial charge in [-0.1, -0.05) is 47.6 Å². The molecular formula is C24H24ClFN4O2S. The smallest absolute Gasteiger partial charge is 0.255 e. The van der Waals surface area contributed by atoms with Crippen molar-refractivity contribution in [3.8, 4) is 0 Å². The fourth-order valence-corrected chi connectivity index (χ4v) is 4.88. The number of piperazine rings is 1. The van der Waals surface area contributed by atoms with E-state index < -0.39 is 0 Å². The molecule has 1 aromatic heterocycles. The summed E-state index contributed by atoms with van der Waals surface area (Å²) in [5.41, 5.74) is 2.53. The lowest BCUT2D eigenvalue weighted by Crippen LogP contribution is -2.49. The van der Waals surface area contributed by atoms with Crippen molar-refractivity contribution >= 4 is 35.0 Å². The standard InChI is InChI=1S/C24H24ClFN4O2S/c1-16-19(23(32)28-24(27-16)33-15-17-6-8-18(26)9-7-17)14-22(31)30-12-10-29(11-13-30)21-5-3-2-4-20(21)25/h2-9H,10-15H2,1H3,(H,27,28,32). The molecule has 0 saturated carbocycles. The first-order chi connectivity index (χ1) is 15.9. The van der Waals surface area contributed by atoms with E-state index in [2.05, 4.69) is 14.9 Å². The zero-order chi connectivity index (χ0) is 23.4. The maximum absolute atomic E-state index is 13.0. The predicted octanol–water partition coefficient (Wildman–Crippen LogP) is 4.05. The largest absolute Gasteiger partial charge is 0.367 e. The van der Waals surface area contributed by atoms with Crippen LogP contribution in [0.3, 0.4) is 0 Å². The number of aromatic nitrogens is 2. The number of benzene rings is 2. The van der Waals surface area contributed by atoms with E-state index in [0.717, 1.165) is 11.3 Å². The zero-order valence-electron chi connectivity index (χ0n) is 18.2. The van der Waals surface area contributed by atoms with Crippen LogP contribution in [0.2, 0.25) is 5.02 Å². The summed E-state index contributed by atoms with van der Waals surface area (Å²) >= 11 is 7.65. The molecule has 1 aliphatic rings. The lowest BCUT2D eigenvalue weighted by atomic mass is 10.1. The molecule has 3 aromatic rings. The maximum Gasteiger partial charge on any atom is 0.255 e. The van der Waals surface area contributed by atoms with Crippen LogP contribution in [0.1, 0.15) is 16.8 Å². The van der Waals surface area contributed by atoms with Gasteiger partial charge < -0.3 is 14.8 Å². The van der Waals surface area contributed by atoms with Crippen LogP contribution in [-0.2, 0) is 17.0 Å². The lowest BCUT2D eigenvalue weighted by Gasteiger charge is -2.36. The number of nitrogens with one attached hydrogen (secondary N) is 1. The summed E-state index contributed by atoms with van der Waals surface area (Å²) in [6.07, 6.45) is 0.0170. The molecule has 0 atom stereocenters. The Kier molecular flexibility index (Phi) is 7.35. The van der Waals surface area contributed by atoms with E-state index in [1.807, 2.05) is 24.3 Å². The van der Waals surface area contributed by atoms with Crippen LogP contribution in [0.15, 0.2) is 58.5 Å². The van der Waals surface area contributed by atoms with Gasteiger partial charge in [-0.25, -0.2) is 9.37 Å². The number of rotatable bonds is 6. The fourth-order valence-electron chi connectivity index (χ4n) is 3.76. The van der Waals surface area contributed by atoms with Crippen molar-refractivity contribution < 1.29 is 9.18 Å². The predicted molar refractivity (Wildman–Crippen MR) is 130 cm³/mol. The minimum Gasteiger partial charge on any atom is -0.367 e. The summed E-state index contributed by atoms with van der Waals surface area (Å²) in [5, 5.41) is 1.18. The van der Waals surface area contributed by atoms with Gasteiger partial charge in [0, 0.05) is 43.2 Å². The Hall–Kier alpha value is -2.84. The highest BCUT2D eigenvalue weighted by Crippen LogP contribution is 2.26. The van der Waals surface area contributed by atoms with E-state index in [-0.39, 0.29) is 23.7 Å². The highest BCUT2D eigenvalue weighted by Gasteiger charge is 2.24. The van der Waals surface area contributed by atoms with E-state index in [1.165, 1.54) is 23.9 Å². The first-order valence-corrected chi connectivity index (χ1v) is 12.0. The zero-order valence-corrected chi connectivity index (χ0v) is 19.8. The molecule has 1 aliphatic heterocycles. The van der Waals surface area contributed by atoms with Gasteiger partial charge in [-0.15, -0.1) is 0 Å². The van der Waals surface area contributed by atoms with Crippen molar-refractivity contribution in [2.45, 2.75) is 24.3 Å². The number of halogens is 2. The number of thioether (sulfide) groups is 1. The van der Waals surface area contributed by atoms with Crippen molar-refractivity contribution in [2.24, 2.45) is 0 Å². The maximum atomic E-state index is 13.0. The van der Waals surface area contributed by atoms with Crippen LogP contribution in [0.25, 0.3) is 0 Å². The van der Waals surface area contributed by atoms with Gasteiger partial charge in [0.2, 0.25) is 5.91 Å². The molecule has 4 rings (SSSR count). The molecule has 2 aromatic carbocycles. The minimum absolute atomic E-state index is 0.0170. The van der Waals surface area contributed by atoms with Crippen LogP contribution in [-0.4, -0.2) is 47.0 Å². The van der Waals surface area contributed by atoms with E-state index in [0.29, 0.717) is 53.4 Å². The second-order valence-corrected chi connectivity index (χ2v) is 9.22. The average molecular weight is 487 g/mol. The third-order valence-corrected chi connectivity index (χ3v) is 6.91. The van der Waals surface area contributed by atoms with Gasteiger partial charge in [0.25, 0.3) is 5.56 Å². The number of amides is 1. The van der Waals surface area contributed by atoms with Gasteiger partial charge in [-0.05, 0) is 36.8 Å². The van der Waals surface area contributed by atoms with Crippen LogP contribution in [0, 0.1) is 12.7 Å². The van der Waals surface area contributed by atoms with Crippen molar-refractivity contribution in [1.82, 2.24) is 14.9 Å². The van der Waals surface area contributed by atoms with E-state index >= 15 is 0 Å². The van der Waals surface area contributed by atoms with Crippen molar-refractivity contribution in [3.63, 3.8) is 0 Å². The number of aromatic amines is 1. The third-order valence-electron chi connectivity index (χ3n) is 5.64. The number of carbonyl (C=O) groups is 1. The molecule has 1 fully saturated rings.